The number of hydrogen-bond donors (Lipinski definition) is 1. The van der Waals surface area contributed by atoms with Gasteiger partial charge in [0.2, 0.25) is 0 Å². The van der Waals surface area contributed by atoms with Gasteiger partial charge in [-0.2, -0.15) is 0 Å². The Bertz CT molecular complexity index is 1200. The number of nitrogen functional groups attached to an aromatic ring is 1. The van der Waals surface area contributed by atoms with Crippen LogP contribution >= 0.6 is 0 Å². The molecule has 1 aliphatic heterocycles. The second kappa shape index (κ2) is 7.76. The number of nitrogens with two attached hydrogens (primary N) is 1. The van der Waals surface area contributed by atoms with Gasteiger partial charge in [0.15, 0.2) is 0 Å². The SMILES string of the molecule is Cc1nc(N)c2c(-c3ccc(N4CC(C5CCCCC5)N(C)C4=O)cc3F)cn(C)c2n1. The number of anilines is 2. The minimum absolute atomic E-state index is 0.0639. The molecule has 1 atom stereocenters. The first-order chi connectivity index (χ1) is 15.3. The quantitative estimate of drug-likeness (QED) is 0.656. The van der Waals surface area contributed by atoms with Gasteiger partial charge in [0.05, 0.1) is 11.4 Å². The normalized spacial score (nSPS) is 20.0. The van der Waals surface area contributed by atoms with Crippen molar-refractivity contribution in [3.05, 3.63) is 36.0 Å². The van der Waals surface area contributed by atoms with Crippen LogP contribution in [0.1, 0.15) is 37.9 Å². The average Bonchev–Trinajstić information content (AvgIpc) is 3.25. The zero-order valence-electron chi connectivity index (χ0n) is 18.8. The van der Waals surface area contributed by atoms with Crippen LogP contribution in [0.4, 0.5) is 20.7 Å². The molecule has 1 unspecified atom stereocenters. The second-order valence-corrected chi connectivity index (χ2v) is 9.14. The van der Waals surface area contributed by atoms with Gasteiger partial charge in [0.1, 0.15) is 23.1 Å². The lowest BCUT2D eigenvalue weighted by Crippen LogP contribution is -2.36. The molecule has 1 aliphatic carbocycles. The molecule has 32 heavy (non-hydrogen) atoms. The summed E-state index contributed by atoms with van der Waals surface area (Å²) in [5.41, 5.74) is 8.48. The van der Waals surface area contributed by atoms with Gasteiger partial charge in [-0.3, -0.25) is 4.90 Å². The largest absolute Gasteiger partial charge is 0.383 e. The number of halogens is 1. The third-order valence-corrected chi connectivity index (χ3v) is 7.10. The fraction of sp³-hybridized carbons (Fsp3) is 0.458. The van der Waals surface area contributed by atoms with E-state index in [0.29, 0.717) is 52.0 Å². The highest BCUT2D eigenvalue weighted by molar-refractivity contribution is 6.01. The van der Waals surface area contributed by atoms with Crippen LogP contribution in [-0.2, 0) is 7.05 Å². The van der Waals surface area contributed by atoms with Crippen molar-refractivity contribution < 1.29 is 9.18 Å². The monoisotopic (exact) mass is 436 g/mol. The van der Waals surface area contributed by atoms with Gasteiger partial charge >= 0.3 is 6.03 Å². The summed E-state index contributed by atoms with van der Waals surface area (Å²) in [6.45, 7) is 2.38. The molecule has 0 spiro atoms. The summed E-state index contributed by atoms with van der Waals surface area (Å²) >= 11 is 0. The summed E-state index contributed by atoms with van der Waals surface area (Å²) in [5, 5.41) is 0.638. The summed E-state index contributed by atoms with van der Waals surface area (Å²) in [6.07, 6.45) is 7.87. The Hall–Kier alpha value is -3.16. The number of carbonyl (C=O) groups is 1. The van der Waals surface area contributed by atoms with Crippen molar-refractivity contribution in [1.82, 2.24) is 19.4 Å². The summed E-state index contributed by atoms with van der Waals surface area (Å²) in [4.78, 5) is 25.2. The van der Waals surface area contributed by atoms with Gasteiger partial charge in [-0.1, -0.05) is 19.3 Å². The zero-order valence-corrected chi connectivity index (χ0v) is 18.8. The van der Waals surface area contributed by atoms with Crippen LogP contribution in [0.3, 0.4) is 0 Å². The third-order valence-electron chi connectivity index (χ3n) is 7.10. The maximum Gasteiger partial charge on any atom is 0.324 e. The van der Waals surface area contributed by atoms with E-state index in [-0.39, 0.29) is 12.1 Å². The topological polar surface area (TPSA) is 80.3 Å². The van der Waals surface area contributed by atoms with Crippen LogP contribution in [0.5, 0.6) is 0 Å². The van der Waals surface area contributed by atoms with Crippen molar-refractivity contribution in [2.24, 2.45) is 13.0 Å². The van der Waals surface area contributed by atoms with E-state index < -0.39 is 5.82 Å². The number of aromatic nitrogens is 3. The number of carbonyl (C=O) groups excluding carboxylic acids is 1. The predicted molar refractivity (Wildman–Crippen MR) is 124 cm³/mol. The molecule has 2 amide bonds. The highest BCUT2D eigenvalue weighted by Crippen LogP contribution is 2.37. The molecule has 7 nitrogen and oxygen atoms in total. The van der Waals surface area contributed by atoms with Crippen LogP contribution in [0.2, 0.25) is 0 Å². The van der Waals surface area contributed by atoms with E-state index in [1.54, 1.807) is 17.9 Å². The van der Waals surface area contributed by atoms with Crippen LogP contribution in [0.25, 0.3) is 22.2 Å². The Balaban J connectivity index is 1.48. The van der Waals surface area contributed by atoms with Crippen molar-refractivity contribution in [2.45, 2.75) is 45.1 Å². The molecular formula is C24H29FN6O. The second-order valence-electron chi connectivity index (χ2n) is 9.14. The first-order valence-corrected chi connectivity index (χ1v) is 11.3. The van der Waals surface area contributed by atoms with Gasteiger partial charge in [0, 0.05) is 43.7 Å². The lowest BCUT2D eigenvalue weighted by atomic mass is 9.84. The van der Waals surface area contributed by atoms with E-state index >= 15 is 4.39 Å². The summed E-state index contributed by atoms with van der Waals surface area (Å²) in [5.74, 6) is 1.03. The van der Waals surface area contributed by atoms with Gasteiger partial charge in [0.25, 0.3) is 0 Å². The van der Waals surface area contributed by atoms with Gasteiger partial charge in [-0.05, 0) is 43.9 Å². The summed E-state index contributed by atoms with van der Waals surface area (Å²) in [7, 11) is 3.72. The number of fused-ring (bicyclic) bond motifs is 1. The van der Waals surface area contributed by atoms with Crippen molar-refractivity contribution in [3.63, 3.8) is 0 Å². The molecule has 2 aromatic heterocycles. The molecule has 1 saturated heterocycles. The highest BCUT2D eigenvalue weighted by Gasteiger charge is 2.40. The summed E-state index contributed by atoms with van der Waals surface area (Å²) in [6, 6.07) is 5.11. The van der Waals surface area contributed by atoms with Crippen molar-refractivity contribution in [3.8, 4) is 11.1 Å². The molecular weight excluding hydrogens is 407 g/mol. The number of aryl methyl sites for hydroxylation is 2. The third kappa shape index (κ3) is 3.29. The van der Waals surface area contributed by atoms with Crippen LogP contribution in [-0.4, -0.2) is 45.1 Å². The lowest BCUT2D eigenvalue weighted by molar-refractivity contribution is 0.184. The minimum atomic E-state index is -0.397. The van der Waals surface area contributed by atoms with Crippen molar-refractivity contribution >= 4 is 28.6 Å². The fourth-order valence-corrected chi connectivity index (χ4v) is 5.43. The van der Waals surface area contributed by atoms with Crippen molar-refractivity contribution in [1.29, 1.82) is 0 Å². The molecule has 3 heterocycles. The van der Waals surface area contributed by atoms with E-state index in [1.807, 2.05) is 35.8 Å². The van der Waals surface area contributed by atoms with Gasteiger partial charge < -0.3 is 15.2 Å². The number of likely N-dealkylation sites (N-methyl/N-ethyl adjacent to an activating group) is 1. The highest BCUT2D eigenvalue weighted by atomic mass is 19.1. The Morgan fingerprint density at radius 2 is 1.84 bits per heavy atom. The Labute approximate surface area is 187 Å². The molecule has 2 aliphatic rings. The minimum Gasteiger partial charge on any atom is -0.383 e. The average molecular weight is 437 g/mol. The molecule has 2 N–H and O–H groups in total. The van der Waals surface area contributed by atoms with Gasteiger partial charge in [-0.25, -0.2) is 19.2 Å². The molecule has 5 rings (SSSR count). The summed E-state index contributed by atoms with van der Waals surface area (Å²) < 4.78 is 17.2. The molecule has 2 fully saturated rings. The maximum absolute atomic E-state index is 15.4. The van der Waals surface area contributed by atoms with E-state index in [0.717, 1.165) is 12.8 Å². The fourth-order valence-electron chi connectivity index (χ4n) is 5.43. The molecule has 3 aromatic rings. The Kier molecular flexibility index (Phi) is 5.03. The van der Waals surface area contributed by atoms with E-state index in [9.17, 15) is 4.79 Å². The lowest BCUT2D eigenvalue weighted by Gasteiger charge is -2.30. The smallest absolute Gasteiger partial charge is 0.324 e. The van der Waals surface area contributed by atoms with Crippen LogP contribution in [0.15, 0.2) is 24.4 Å². The molecule has 1 aromatic carbocycles. The number of nitrogens with zero attached hydrogens (tertiary/aromatic N) is 5. The number of hydrogen-bond acceptors (Lipinski definition) is 4. The van der Waals surface area contributed by atoms with E-state index in [1.165, 1.54) is 25.3 Å². The number of urea groups is 1. The molecule has 8 heteroatoms. The first kappa shape index (κ1) is 20.7. The van der Waals surface area contributed by atoms with Gasteiger partial charge in [-0.15, -0.1) is 0 Å². The zero-order chi connectivity index (χ0) is 22.6. The maximum atomic E-state index is 15.4. The molecule has 0 bridgehead atoms. The van der Waals surface area contributed by atoms with E-state index in [2.05, 4.69) is 9.97 Å². The molecule has 1 saturated carbocycles. The standard InChI is InChI=1S/C24H29FN6O/c1-14-27-22(26)21-18(12-29(2)23(21)28-14)17-10-9-16(11-19(17)25)31-13-20(30(3)24(31)32)15-7-5-4-6-8-15/h9-12,15,20H,4-8,13H2,1-3H3,(H2,26,27,28). The number of benzene rings is 1. The molecule has 168 valence electrons. The number of rotatable bonds is 3. The predicted octanol–water partition coefficient (Wildman–Crippen LogP) is 4.49. The Morgan fingerprint density at radius 3 is 2.56 bits per heavy atom. The van der Waals surface area contributed by atoms with Crippen LogP contribution in [0, 0.1) is 18.7 Å². The Morgan fingerprint density at radius 1 is 1.09 bits per heavy atom. The van der Waals surface area contributed by atoms with E-state index in [4.69, 9.17) is 5.73 Å². The van der Waals surface area contributed by atoms with Crippen molar-refractivity contribution in [2.75, 3.05) is 24.2 Å². The number of amides is 2. The first-order valence-electron chi connectivity index (χ1n) is 11.3. The molecule has 0 radical (unpaired) electrons. The van der Waals surface area contributed by atoms with Crippen LogP contribution < -0.4 is 10.6 Å².